The van der Waals surface area contributed by atoms with E-state index in [1.807, 2.05) is 6.07 Å². The summed E-state index contributed by atoms with van der Waals surface area (Å²) in [6, 6.07) is 19.7. The third-order valence-electron chi connectivity index (χ3n) is 4.57. The molecular formula is C20H23NO. The Labute approximate surface area is 132 Å². The van der Waals surface area contributed by atoms with Crippen LogP contribution in [0.15, 0.2) is 54.6 Å². The highest BCUT2D eigenvalue weighted by atomic mass is 16.1. The smallest absolute Gasteiger partial charge is 0.217 e. The Balaban J connectivity index is 1.71. The van der Waals surface area contributed by atoms with Crippen molar-refractivity contribution in [2.75, 3.05) is 0 Å². The van der Waals surface area contributed by atoms with Gasteiger partial charge in [-0.2, -0.15) is 0 Å². The standard InChI is InChI=1S/C20H23NO/c1-15(22)21-20-9-5-8-19(14-20)18-12-10-17(11-13-18)16-6-3-2-4-7-16/h2-4,6-7,10-13,19-20H,5,8-9,14H2,1H3,(H,21,22)/t19-,20+/m1/s1. The average Bonchev–Trinajstić information content (AvgIpc) is 2.55. The topological polar surface area (TPSA) is 29.1 Å². The van der Waals surface area contributed by atoms with E-state index in [1.54, 1.807) is 6.92 Å². The molecule has 1 N–H and O–H groups in total. The molecule has 1 aliphatic rings. The first kappa shape index (κ1) is 14.8. The summed E-state index contributed by atoms with van der Waals surface area (Å²) in [5.41, 5.74) is 3.92. The van der Waals surface area contributed by atoms with Crippen LogP contribution in [0.25, 0.3) is 11.1 Å². The second kappa shape index (κ2) is 6.78. The van der Waals surface area contributed by atoms with Gasteiger partial charge in [-0.1, -0.05) is 61.0 Å². The molecule has 0 saturated heterocycles. The van der Waals surface area contributed by atoms with E-state index in [0.29, 0.717) is 12.0 Å². The molecule has 2 nitrogen and oxygen atoms in total. The van der Waals surface area contributed by atoms with E-state index < -0.39 is 0 Å². The Hall–Kier alpha value is -2.09. The lowest BCUT2D eigenvalue weighted by Crippen LogP contribution is -2.36. The molecule has 22 heavy (non-hydrogen) atoms. The van der Waals surface area contributed by atoms with Gasteiger partial charge in [0.25, 0.3) is 0 Å². The molecule has 0 unspecified atom stereocenters. The van der Waals surface area contributed by atoms with Gasteiger partial charge in [0.1, 0.15) is 0 Å². The molecule has 2 atom stereocenters. The Morgan fingerprint density at radius 2 is 1.64 bits per heavy atom. The zero-order valence-electron chi connectivity index (χ0n) is 13.1. The minimum absolute atomic E-state index is 0.0880. The van der Waals surface area contributed by atoms with Gasteiger partial charge in [-0.25, -0.2) is 0 Å². The minimum atomic E-state index is 0.0880. The fraction of sp³-hybridized carbons (Fsp3) is 0.350. The van der Waals surface area contributed by atoms with E-state index in [2.05, 4.69) is 53.8 Å². The van der Waals surface area contributed by atoms with Crippen LogP contribution in [0.4, 0.5) is 0 Å². The van der Waals surface area contributed by atoms with Crippen LogP contribution in [-0.4, -0.2) is 11.9 Å². The third-order valence-corrected chi connectivity index (χ3v) is 4.57. The molecule has 2 heteroatoms. The lowest BCUT2D eigenvalue weighted by Gasteiger charge is -2.30. The molecule has 1 aliphatic carbocycles. The molecule has 1 saturated carbocycles. The molecule has 1 fully saturated rings. The van der Waals surface area contributed by atoms with E-state index in [4.69, 9.17) is 0 Å². The second-order valence-corrected chi connectivity index (χ2v) is 6.25. The molecule has 2 aromatic rings. The molecule has 0 spiro atoms. The first-order valence-electron chi connectivity index (χ1n) is 8.15. The molecule has 1 amide bonds. The van der Waals surface area contributed by atoms with E-state index >= 15 is 0 Å². The average molecular weight is 293 g/mol. The summed E-state index contributed by atoms with van der Waals surface area (Å²) in [5, 5.41) is 3.08. The largest absolute Gasteiger partial charge is 0.354 e. The highest BCUT2D eigenvalue weighted by Crippen LogP contribution is 2.33. The lowest BCUT2D eigenvalue weighted by atomic mass is 9.81. The highest BCUT2D eigenvalue weighted by molar-refractivity contribution is 5.73. The molecule has 3 rings (SSSR count). The summed E-state index contributed by atoms with van der Waals surface area (Å²) < 4.78 is 0. The molecule has 0 aromatic heterocycles. The number of hydrogen-bond acceptors (Lipinski definition) is 1. The third kappa shape index (κ3) is 3.56. The van der Waals surface area contributed by atoms with Crippen LogP contribution in [-0.2, 0) is 4.79 Å². The van der Waals surface area contributed by atoms with Crippen LogP contribution >= 0.6 is 0 Å². The number of amides is 1. The van der Waals surface area contributed by atoms with Crippen LogP contribution in [0.1, 0.15) is 44.1 Å². The van der Waals surface area contributed by atoms with Gasteiger partial charge in [-0.05, 0) is 41.9 Å². The van der Waals surface area contributed by atoms with Crippen LogP contribution in [0.3, 0.4) is 0 Å². The van der Waals surface area contributed by atoms with Crippen molar-refractivity contribution < 1.29 is 4.79 Å². The molecular weight excluding hydrogens is 270 g/mol. The van der Waals surface area contributed by atoms with Crippen LogP contribution in [0.2, 0.25) is 0 Å². The van der Waals surface area contributed by atoms with Crippen LogP contribution in [0, 0.1) is 0 Å². The van der Waals surface area contributed by atoms with Gasteiger partial charge in [-0.15, -0.1) is 0 Å². The second-order valence-electron chi connectivity index (χ2n) is 6.25. The summed E-state index contributed by atoms with van der Waals surface area (Å²) in [6.07, 6.45) is 4.58. The Morgan fingerprint density at radius 3 is 2.32 bits per heavy atom. The van der Waals surface area contributed by atoms with Crippen LogP contribution in [0.5, 0.6) is 0 Å². The predicted octanol–water partition coefficient (Wildman–Crippen LogP) is 4.52. The maximum Gasteiger partial charge on any atom is 0.217 e. The van der Waals surface area contributed by atoms with Crippen molar-refractivity contribution in [2.45, 2.75) is 44.6 Å². The van der Waals surface area contributed by atoms with Crippen molar-refractivity contribution in [1.29, 1.82) is 0 Å². The maximum absolute atomic E-state index is 11.2. The molecule has 2 aromatic carbocycles. The fourth-order valence-corrected chi connectivity index (χ4v) is 3.49. The summed E-state index contributed by atoms with van der Waals surface area (Å²) in [4.78, 5) is 11.2. The Bertz CT molecular complexity index is 618. The zero-order chi connectivity index (χ0) is 15.4. The predicted molar refractivity (Wildman–Crippen MR) is 90.7 cm³/mol. The van der Waals surface area contributed by atoms with Gasteiger partial charge in [0.05, 0.1) is 0 Å². The summed E-state index contributed by atoms with van der Waals surface area (Å²) in [5.74, 6) is 0.653. The summed E-state index contributed by atoms with van der Waals surface area (Å²) in [7, 11) is 0. The van der Waals surface area contributed by atoms with Crippen molar-refractivity contribution in [3.05, 3.63) is 60.2 Å². The molecule has 0 heterocycles. The molecule has 0 bridgehead atoms. The zero-order valence-corrected chi connectivity index (χ0v) is 13.1. The number of rotatable bonds is 3. The number of carbonyl (C=O) groups excluding carboxylic acids is 1. The van der Waals surface area contributed by atoms with Gasteiger partial charge < -0.3 is 5.32 Å². The Morgan fingerprint density at radius 1 is 0.955 bits per heavy atom. The van der Waals surface area contributed by atoms with E-state index in [-0.39, 0.29) is 5.91 Å². The number of carbonyl (C=O) groups is 1. The fourth-order valence-electron chi connectivity index (χ4n) is 3.49. The van der Waals surface area contributed by atoms with Gasteiger partial charge >= 0.3 is 0 Å². The van der Waals surface area contributed by atoms with Crippen molar-refractivity contribution in [2.24, 2.45) is 0 Å². The molecule has 114 valence electrons. The first-order chi connectivity index (χ1) is 10.7. The number of hydrogen-bond donors (Lipinski definition) is 1. The van der Waals surface area contributed by atoms with Gasteiger partial charge in [0, 0.05) is 13.0 Å². The Kier molecular flexibility index (Phi) is 4.57. The van der Waals surface area contributed by atoms with E-state index in [0.717, 1.165) is 12.8 Å². The summed E-state index contributed by atoms with van der Waals surface area (Å²) in [6.45, 7) is 1.61. The normalized spacial score (nSPS) is 21.3. The SMILES string of the molecule is CC(=O)N[C@H]1CCC[C@@H](c2ccc(-c3ccccc3)cc2)C1. The van der Waals surface area contributed by atoms with Gasteiger partial charge in [0.15, 0.2) is 0 Å². The quantitative estimate of drug-likeness (QED) is 0.886. The van der Waals surface area contributed by atoms with E-state index in [9.17, 15) is 4.79 Å². The molecule has 0 radical (unpaired) electrons. The number of benzene rings is 2. The van der Waals surface area contributed by atoms with Crippen LogP contribution < -0.4 is 5.32 Å². The maximum atomic E-state index is 11.2. The first-order valence-corrected chi connectivity index (χ1v) is 8.15. The van der Waals surface area contributed by atoms with Crippen molar-refractivity contribution in [1.82, 2.24) is 5.32 Å². The minimum Gasteiger partial charge on any atom is -0.354 e. The highest BCUT2D eigenvalue weighted by Gasteiger charge is 2.23. The van der Waals surface area contributed by atoms with E-state index in [1.165, 1.54) is 29.5 Å². The van der Waals surface area contributed by atoms with Gasteiger partial charge in [0.2, 0.25) is 5.91 Å². The monoisotopic (exact) mass is 293 g/mol. The molecule has 0 aliphatic heterocycles. The number of nitrogens with one attached hydrogen (secondary N) is 1. The van der Waals surface area contributed by atoms with Gasteiger partial charge in [-0.3, -0.25) is 4.79 Å². The van der Waals surface area contributed by atoms with Crippen molar-refractivity contribution in [3.63, 3.8) is 0 Å². The van der Waals surface area contributed by atoms with Crippen molar-refractivity contribution in [3.8, 4) is 11.1 Å². The van der Waals surface area contributed by atoms with Crippen molar-refractivity contribution >= 4 is 5.91 Å². The lowest BCUT2D eigenvalue weighted by molar-refractivity contribution is -0.119. The summed E-state index contributed by atoms with van der Waals surface area (Å²) >= 11 is 0.